The van der Waals surface area contributed by atoms with E-state index in [1.165, 1.54) is 16.8 Å². The van der Waals surface area contributed by atoms with E-state index >= 15 is 0 Å². The van der Waals surface area contributed by atoms with Crippen LogP contribution in [0.25, 0.3) is 0 Å². The molecular weight excluding hydrogens is 402 g/mol. The summed E-state index contributed by atoms with van der Waals surface area (Å²) < 4.78 is 18.5. The first kappa shape index (κ1) is 23.1. The lowest BCUT2D eigenvalue weighted by atomic mass is 10.1. The van der Waals surface area contributed by atoms with Crippen molar-refractivity contribution in [1.82, 2.24) is 9.55 Å². The Kier molecular flexibility index (Phi) is 7.55. The van der Waals surface area contributed by atoms with Gasteiger partial charge in [0.1, 0.15) is 18.0 Å². The molecule has 6 atom stereocenters. The highest BCUT2D eigenvalue weighted by atomic mass is 16.6. The summed E-state index contributed by atoms with van der Waals surface area (Å²) >= 11 is 0. The first-order valence-electron chi connectivity index (χ1n) is 10.3. The molecule has 3 rings (SSSR count). The van der Waals surface area contributed by atoms with Crippen LogP contribution in [0, 0.1) is 0 Å². The molecule has 1 unspecified atom stereocenters. The SMILES string of the molecule is CC[C@H]1O[C@@H](n2ccc(NC(=O)c3ccccc3)nc2=O)[C@@H](O[C@H](C)[C@@H](C)OC)C1O. The van der Waals surface area contributed by atoms with E-state index in [1.54, 1.807) is 31.4 Å². The van der Waals surface area contributed by atoms with Crippen LogP contribution in [0.4, 0.5) is 5.82 Å². The minimum absolute atomic E-state index is 0.125. The lowest BCUT2D eigenvalue weighted by Crippen LogP contribution is -2.41. The summed E-state index contributed by atoms with van der Waals surface area (Å²) in [6, 6.07) is 10.1. The number of nitrogens with one attached hydrogen (secondary N) is 1. The van der Waals surface area contributed by atoms with Gasteiger partial charge in [0.2, 0.25) is 0 Å². The summed E-state index contributed by atoms with van der Waals surface area (Å²) in [6.07, 6.45) is -1.54. The number of carbonyl (C=O) groups excluding carboxylic acids is 1. The third kappa shape index (κ3) is 5.19. The smallest absolute Gasteiger partial charge is 0.351 e. The zero-order valence-corrected chi connectivity index (χ0v) is 18.1. The number of benzene rings is 1. The quantitative estimate of drug-likeness (QED) is 0.657. The first-order chi connectivity index (χ1) is 14.8. The van der Waals surface area contributed by atoms with E-state index < -0.39 is 30.2 Å². The number of aliphatic hydroxyl groups excluding tert-OH is 1. The molecule has 2 N–H and O–H groups in total. The van der Waals surface area contributed by atoms with Crippen LogP contribution < -0.4 is 11.0 Å². The van der Waals surface area contributed by atoms with E-state index in [0.29, 0.717) is 12.0 Å². The highest BCUT2D eigenvalue weighted by molar-refractivity contribution is 6.03. The van der Waals surface area contributed by atoms with Crippen LogP contribution in [-0.2, 0) is 14.2 Å². The number of hydrogen-bond donors (Lipinski definition) is 2. The molecule has 168 valence electrons. The number of methoxy groups -OCH3 is 1. The number of hydrogen-bond acceptors (Lipinski definition) is 7. The first-order valence-corrected chi connectivity index (χ1v) is 10.3. The largest absolute Gasteiger partial charge is 0.388 e. The summed E-state index contributed by atoms with van der Waals surface area (Å²) in [5.74, 6) is -0.244. The van der Waals surface area contributed by atoms with Crippen LogP contribution in [0.3, 0.4) is 0 Å². The normalized spacial score (nSPS) is 25.2. The Bertz CT molecular complexity index is 934. The van der Waals surface area contributed by atoms with E-state index in [9.17, 15) is 14.7 Å². The average molecular weight is 431 g/mol. The summed E-state index contributed by atoms with van der Waals surface area (Å²) in [7, 11) is 1.58. The molecule has 9 nitrogen and oxygen atoms in total. The maximum Gasteiger partial charge on any atom is 0.351 e. The summed E-state index contributed by atoms with van der Waals surface area (Å²) in [6.45, 7) is 5.58. The molecule has 0 radical (unpaired) electrons. The van der Waals surface area contributed by atoms with Gasteiger partial charge < -0.3 is 24.6 Å². The lowest BCUT2D eigenvalue weighted by molar-refractivity contribution is -0.129. The fourth-order valence-electron chi connectivity index (χ4n) is 3.43. The molecule has 1 fully saturated rings. The number of nitrogens with zero attached hydrogens (tertiary/aromatic N) is 2. The van der Waals surface area contributed by atoms with Gasteiger partial charge in [0.25, 0.3) is 5.91 Å². The van der Waals surface area contributed by atoms with Gasteiger partial charge in [-0.3, -0.25) is 9.36 Å². The van der Waals surface area contributed by atoms with Crippen LogP contribution >= 0.6 is 0 Å². The lowest BCUT2D eigenvalue weighted by Gasteiger charge is -2.28. The Morgan fingerprint density at radius 1 is 1.26 bits per heavy atom. The molecule has 0 bridgehead atoms. The number of aliphatic hydroxyl groups is 1. The Labute approximate surface area is 181 Å². The highest BCUT2D eigenvalue weighted by Gasteiger charge is 2.46. The van der Waals surface area contributed by atoms with Crippen LogP contribution in [0.5, 0.6) is 0 Å². The van der Waals surface area contributed by atoms with Crippen molar-refractivity contribution in [3.8, 4) is 0 Å². The minimum Gasteiger partial charge on any atom is -0.388 e. The van der Waals surface area contributed by atoms with Crippen LogP contribution in [0.1, 0.15) is 43.8 Å². The summed E-state index contributed by atoms with van der Waals surface area (Å²) in [5.41, 5.74) is -0.169. The third-order valence-corrected chi connectivity index (χ3v) is 5.50. The number of rotatable bonds is 8. The Morgan fingerprint density at radius 2 is 1.97 bits per heavy atom. The van der Waals surface area contributed by atoms with Gasteiger partial charge in [0.15, 0.2) is 6.23 Å². The van der Waals surface area contributed by atoms with Crippen molar-refractivity contribution in [1.29, 1.82) is 0 Å². The Hall–Kier alpha value is -2.59. The molecule has 0 spiro atoms. The van der Waals surface area contributed by atoms with Gasteiger partial charge in [-0.1, -0.05) is 25.1 Å². The Balaban J connectivity index is 1.81. The van der Waals surface area contributed by atoms with Gasteiger partial charge in [0.05, 0.1) is 18.3 Å². The zero-order chi connectivity index (χ0) is 22.5. The van der Waals surface area contributed by atoms with E-state index in [0.717, 1.165) is 0 Å². The minimum atomic E-state index is -0.911. The second kappa shape index (κ2) is 10.1. The molecular formula is C22H29N3O6. The van der Waals surface area contributed by atoms with Crippen molar-refractivity contribution in [3.63, 3.8) is 0 Å². The van der Waals surface area contributed by atoms with Crippen molar-refractivity contribution in [2.75, 3.05) is 12.4 Å². The number of aromatic nitrogens is 2. The highest BCUT2D eigenvalue weighted by Crippen LogP contribution is 2.33. The van der Waals surface area contributed by atoms with Crippen LogP contribution in [0.2, 0.25) is 0 Å². The molecule has 0 saturated carbocycles. The maximum absolute atomic E-state index is 12.7. The topological polar surface area (TPSA) is 112 Å². The van der Waals surface area contributed by atoms with E-state index in [4.69, 9.17) is 14.2 Å². The van der Waals surface area contributed by atoms with Gasteiger partial charge >= 0.3 is 5.69 Å². The van der Waals surface area contributed by atoms with Crippen molar-refractivity contribution >= 4 is 11.7 Å². The monoisotopic (exact) mass is 431 g/mol. The molecule has 2 heterocycles. The standard InChI is InChI=1S/C22H29N3O6/c1-5-16-18(26)19(30-14(3)13(2)29-4)21(31-16)25-12-11-17(24-22(25)28)23-20(27)15-9-7-6-8-10-15/h6-14,16,18-19,21,26H,5H2,1-4H3,(H,23,24,27,28)/t13-,14-,16-,18?,19+,21-/m1/s1. The van der Waals surface area contributed by atoms with E-state index in [-0.39, 0.29) is 23.9 Å². The van der Waals surface area contributed by atoms with E-state index in [1.807, 2.05) is 26.8 Å². The summed E-state index contributed by atoms with van der Waals surface area (Å²) in [5, 5.41) is 13.3. The molecule has 9 heteroatoms. The second-order valence-electron chi connectivity index (χ2n) is 7.53. The Morgan fingerprint density at radius 3 is 2.58 bits per heavy atom. The van der Waals surface area contributed by atoms with E-state index in [2.05, 4.69) is 10.3 Å². The van der Waals surface area contributed by atoms with Gasteiger partial charge in [0, 0.05) is 18.9 Å². The number of ether oxygens (including phenoxy) is 3. The molecule has 1 aromatic carbocycles. The van der Waals surface area contributed by atoms with Gasteiger partial charge in [-0.15, -0.1) is 0 Å². The molecule has 1 aromatic heterocycles. The average Bonchev–Trinajstić information content (AvgIpc) is 3.08. The molecule has 1 aliphatic heterocycles. The zero-order valence-electron chi connectivity index (χ0n) is 18.1. The van der Waals surface area contributed by atoms with Gasteiger partial charge in [-0.2, -0.15) is 4.98 Å². The van der Waals surface area contributed by atoms with Gasteiger partial charge in [-0.05, 0) is 38.5 Å². The van der Waals surface area contributed by atoms with Gasteiger partial charge in [-0.25, -0.2) is 4.79 Å². The molecule has 31 heavy (non-hydrogen) atoms. The number of carbonyl (C=O) groups is 1. The fourth-order valence-corrected chi connectivity index (χ4v) is 3.43. The number of anilines is 1. The van der Waals surface area contributed by atoms with Crippen molar-refractivity contribution in [2.24, 2.45) is 0 Å². The maximum atomic E-state index is 12.7. The van der Waals surface area contributed by atoms with Crippen molar-refractivity contribution in [3.05, 3.63) is 58.6 Å². The predicted octanol–water partition coefficient (Wildman–Crippen LogP) is 1.97. The van der Waals surface area contributed by atoms with Crippen molar-refractivity contribution < 1.29 is 24.1 Å². The molecule has 1 amide bonds. The van der Waals surface area contributed by atoms with Crippen LogP contribution in [0.15, 0.2) is 47.4 Å². The number of amides is 1. The van der Waals surface area contributed by atoms with Crippen molar-refractivity contribution in [2.45, 2.75) is 63.9 Å². The second-order valence-corrected chi connectivity index (χ2v) is 7.53. The fraction of sp³-hybridized carbons (Fsp3) is 0.500. The summed E-state index contributed by atoms with van der Waals surface area (Å²) in [4.78, 5) is 29.0. The molecule has 2 aromatic rings. The third-order valence-electron chi connectivity index (χ3n) is 5.50. The molecule has 1 saturated heterocycles. The van der Waals surface area contributed by atoms with Crippen LogP contribution in [-0.4, -0.2) is 58.2 Å². The molecule has 0 aliphatic carbocycles. The molecule has 1 aliphatic rings. The predicted molar refractivity (Wildman–Crippen MR) is 114 cm³/mol.